The quantitative estimate of drug-likeness (QED) is 0.545. The molecule has 6 heteroatoms. The molecule has 0 aliphatic carbocycles. The molecule has 0 aromatic heterocycles. The first-order chi connectivity index (χ1) is 15.1. The normalized spacial score (nSPS) is 17.0. The number of unbranched alkanes of at least 4 members (excludes halogenated alkanes) is 1. The summed E-state index contributed by atoms with van der Waals surface area (Å²) in [7, 11) is 3.37. The fourth-order valence-electron chi connectivity index (χ4n) is 4.52. The number of methoxy groups -OCH3 is 2. The minimum atomic E-state index is -0.461. The average Bonchev–Trinajstić information content (AvgIpc) is 3.00. The molecule has 0 N–H and O–H groups in total. The van der Waals surface area contributed by atoms with Crippen LogP contribution >= 0.6 is 0 Å². The van der Waals surface area contributed by atoms with Crippen LogP contribution in [0.25, 0.3) is 0 Å². The Morgan fingerprint density at radius 2 is 1.74 bits per heavy atom. The Hall–Kier alpha value is -2.57. The van der Waals surface area contributed by atoms with Crippen molar-refractivity contribution < 1.29 is 19.0 Å². The largest absolute Gasteiger partial charge is 0.497 e. The van der Waals surface area contributed by atoms with E-state index in [1.54, 1.807) is 14.2 Å². The second-order valence-corrected chi connectivity index (χ2v) is 8.41. The lowest BCUT2D eigenvalue weighted by molar-refractivity contribution is -0.129. The molecule has 1 fully saturated rings. The summed E-state index contributed by atoms with van der Waals surface area (Å²) in [6, 6.07) is 14.1. The van der Waals surface area contributed by atoms with Gasteiger partial charge in [-0.15, -0.1) is 0 Å². The molecule has 0 saturated carbocycles. The van der Waals surface area contributed by atoms with Gasteiger partial charge < -0.3 is 19.1 Å². The summed E-state index contributed by atoms with van der Waals surface area (Å²) in [6.07, 6.45) is 2.11. The van der Waals surface area contributed by atoms with Gasteiger partial charge in [0, 0.05) is 32.8 Å². The molecule has 0 atom stereocenters. The van der Waals surface area contributed by atoms with Crippen molar-refractivity contribution in [2.24, 2.45) is 0 Å². The van der Waals surface area contributed by atoms with E-state index in [1.165, 1.54) is 0 Å². The second kappa shape index (κ2) is 9.28. The molecule has 31 heavy (non-hydrogen) atoms. The highest BCUT2D eigenvalue weighted by Crippen LogP contribution is 2.49. The van der Waals surface area contributed by atoms with Crippen LogP contribution < -0.4 is 14.4 Å². The van der Waals surface area contributed by atoms with Gasteiger partial charge >= 0.3 is 0 Å². The second-order valence-electron chi connectivity index (χ2n) is 8.41. The van der Waals surface area contributed by atoms with Crippen LogP contribution in [0.3, 0.4) is 0 Å². The summed E-state index contributed by atoms with van der Waals surface area (Å²) in [5.41, 5.74) is 2.70. The van der Waals surface area contributed by atoms with E-state index in [1.807, 2.05) is 41.3 Å². The van der Waals surface area contributed by atoms with E-state index in [9.17, 15) is 4.79 Å². The summed E-state index contributed by atoms with van der Waals surface area (Å²) in [5, 5.41) is 0. The Labute approximate surface area is 184 Å². The maximum absolute atomic E-state index is 13.7. The maximum Gasteiger partial charge on any atom is 0.240 e. The molecule has 0 unspecified atom stereocenters. The lowest BCUT2D eigenvalue weighted by atomic mass is 9.74. The van der Waals surface area contributed by atoms with Gasteiger partial charge in [0.25, 0.3) is 0 Å². The molecule has 2 aromatic rings. The molecule has 2 aromatic carbocycles. The van der Waals surface area contributed by atoms with Crippen molar-refractivity contribution in [3.63, 3.8) is 0 Å². The first-order valence-corrected chi connectivity index (χ1v) is 11.0. The number of rotatable bonds is 10. The van der Waals surface area contributed by atoms with Gasteiger partial charge in [-0.3, -0.25) is 9.69 Å². The van der Waals surface area contributed by atoms with Crippen molar-refractivity contribution in [2.45, 2.75) is 31.7 Å². The number of likely N-dealkylation sites (tertiary alicyclic amines) is 1. The molecule has 6 nitrogen and oxygen atoms in total. The van der Waals surface area contributed by atoms with Crippen LogP contribution in [0.4, 0.5) is 5.69 Å². The number of anilines is 1. The first kappa shape index (κ1) is 21.7. The van der Waals surface area contributed by atoms with Gasteiger partial charge in [0.1, 0.15) is 16.9 Å². The average molecular weight is 425 g/mol. The fraction of sp³-hybridized carbons (Fsp3) is 0.480. The Morgan fingerprint density at radius 3 is 2.42 bits per heavy atom. The number of amides is 1. The van der Waals surface area contributed by atoms with E-state index < -0.39 is 5.41 Å². The monoisotopic (exact) mass is 424 g/mol. The summed E-state index contributed by atoms with van der Waals surface area (Å²) >= 11 is 0. The minimum absolute atomic E-state index is 0.178. The molecule has 2 aliphatic rings. The Balaban J connectivity index is 1.60. The SMILES string of the molecule is CCCCOc1ccc2c(c1)N(Cc1ccc(OC)cc1)C(=O)C21CN(CCOC)C1. The first-order valence-electron chi connectivity index (χ1n) is 11.0. The van der Waals surface area contributed by atoms with E-state index in [-0.39, 0.29) is 5.91 Å². The van der Waals surface area contributed by atoms with Crippen LogP contribution in [0.15, 0.2) is 42.5 Å². The summed E-state index contributed by atoms with van der Waals surface area (Å²) in [4.78, 5) is 17.9. The van der Waals surface area contributed by atoms with E-state index in [0.29, 0.717) is 19.8 Å². The van der Waals surface area contributed by atoms with Gasteiger partial charge in [-0.25, -0.2) is 0 Å². The summed E-state index contributed by atoms with van der Waals surface area (Å²) in [6.45, 7) is 6.37. The zero-order valence-corrected chi connectivity index (χ0v) is 18.7. The van der Waals surface area contributed by atoms with Crippen LogP contribution in [-0.2, 0) is 21.5 Å². The fourth-order valence-corrected chi connectivity index (χ4v) is 4.52. The van der Waals surface area contributed by atoms with E-state index in [0.717, 1.165) is 60.8 Å². The van der Waals surface area contributed by atoms with Crippen molar-refractivity contribution in [3.05, 3.63) is 53.6 Å². The van der Waals surface area contributed by atoms with Crippen LogP contribution in [0.5, 0.6) is 11.5 Å². The number of benzene rings is 2. The van der Waals surface area contributed by atoms with Crippen LogP contribution in [0.2, 0.25) is 0 Å². The lowest BCUT2D eigenvalue weighted by Crippen LogP contribution is -2.64. The van der Waals surface area contributed by atoms with Crippen LogP contribution in [-0.4, -0.2) is 57.9 Å². The molecule has 1 amide bonds. The molecular weight excluding hydrogens is 392 g/mol. The molecule has 2 heterocycles. The van der Waals surface area contributed by atoms with Crippen LogP contribution in [0.1, 0.15) is 30.9 Å². The van der Waals surface area contributed by atoms with Crippen molar-refractivity contribution in [1.82, 2.24) is 4.90 Å². The number of hydrogen-bond donors (Lipinski definition) is 0. The Bertz CT molecular complexity index is 906. The molecular formula is C25H32N2O4. The smallest absolute Gasteiger partial charge is 0.240 e. The molecule has 166 valence electrons. The van der Waals surface area contributed by atoms with Gasteiger partial charge in [0.2, 0.25) is 5.91 Å². The van der Waals surface area contributed by atoms with E-state index in [2.05, 4.69) is 17.9 Å². The number of nitrogens with zero attached hydrogens (tertiary/aromatic N) is 2. The molecule has 0 bridgehead atoms. The van der Waals surface area contributed by atoms with Gasteiger partial charge in [-0.05, 0) is 35.7 Å². The van der Waals surface area contributed by atoms with Gasteiger partial charge in [-0.2, -0.15) is 0 Å². The highest BCUT2D eigenvalue weighted by atomic mass is 16.5. The number of ether oxygens (including phenoxy) is 3. The third-order valence-corrected chi connectivity index (χ3v) is 6.30. The van der Waals surface area contributed by atoms with Gasteiger partial charge in [0.15, 0.2) is 0 Å². The third-order valence-electron chi connectivity index (χ3n) is 6.30. The minimum Gasteiger partial charge on any atom is -0.497 e. The Kier molecular flexibility index (Phi) is 6.49. The number of hydrogen-bond acceptors (Lipinski definition) is 5. The standard InChI is InChI=1S/C25H32N2O4/c1-4-5-13-31-21-10-11-22-23(15-21)27(16-19-6-8-20(30-3)9-7-19)24(28)25(22)17-26(18-25)12-14-29-2/h6-11,15H,4-5,12-14,16-18H2,1-3H3. The Morgan fingerprint density at radius 1 is 1.00 bits per heavy atom. The molecule has 4 rings (SSSR count). The van der Waals surface area contributed by atoms with Gasteiger partial charge in [0.05, 0.1) is 32.6 Å². The summed E-state index contributed by atoms with van der Waals surface area (Å²) < 4.78 is 16.4. The van der Waals surface area contributed by atoms with Crippen molar-refractivity contribution >= 4 is 11.6 Å². The summed E-state index contributed by atoms with van der Waals surface area (Å²) in [5.74, 6) is 1.82. The number of carbonyl (C=O) groups excluding carboxylic acids is 1. The van der Waals surface area contributed by atoms with E-state index >= 15 is 0 Å². The van der Waals surface area contributed by atoms with Crippen LogP contribution in [0, 0.1) is 0 Å². The predicted octanol–water partition coefficient (Wildman–Crippen LogP) is 3.62. The third kappa shape index (κ3) is 4.14. The molecule has 2 aliphatic heterocycles. The predicted molar refractivity (Wildman–Crippen MR) is 121 cm³/mol. The zero-order valence-electron chi connectivity index (χ0n) is 18.7. The number of fused-ring (bicyclic) bond motifs is 2. The molecule has 1 spiro atoms. The van der Waals surface area contributed by atoms with Crippen molar-refractivity contribution in [1.29, 1.82) is 0 Å². The molecule has 1 saturated heterocycles. The van der Waals surface area contributed by atoms with E-state index in [4.69, 9.17) is 14.2 Å². The highest BCUT2D eigenvalue weighted by molar-refractivity contribution is 6.09. The highest BCUT2D eigenvalue weighted by Gasteiger charge is 2.57. The van der Waals surface area contributed by atoms with Crippen molar-refractivity contribution in [2.75, 3.05) is 52.0 Å². The maximum atomic E-state index is 13.7. The van der Waals surface area contributed by atoms with Gasteiger partial charge in [-0.1, -0.05) is 31.5 Å². The topological polar surface area (TPSA) is 51.2 Å². The van der Waals surface area contributed by atoms with Crippen molar-refractivity contribution in [3.8, 4) is 11.5 Å². The molecule has 0 radical (unpaired) electrons. The zero-order chi connectivity index (χ0) is 21.8. The lowest BCUT2D eigenvalue weighted by Gasteiger charge is -2.46. The number of carbonyl (C=O) groups is 1.